The average Bonchev–Trinajstić information content (AvgIpc) is 3.72. The summed E-state index contributed by atoms with van der Waals surface area (Å²) in [5.74, 6) is 1.18. The topological polar surface area (TPSA) is 106 Å². The van der Waals surface area contributed by atoms with Gasteiger partial charge < -0.3 is 13.9 Å². The van der Waals surface area contributed by atoms with Gasteiger partial charge in [0.2, 0.25) is 5.95 Å². The van der Waals surface area contributed by atoms with Crippen molar-refractivity contribution in [1.29, 1.82) is 0 Å². The van der Waals surface area contributed by atoms with Gasteiger partial charge in [-0.25, -0.2) is 9.97 Å². The van der Waals surface area contributed by atoms with E-state index in [1.165, 1.54) is 11.3 Å². The van der Waals surface area contributed by atoms with E-state index in [0.29, 0.717) is 45.8 Å². The van der Waals surface area contributed by atoms with Crippen LogP contribution in [0.15, 0.2) is 95.8 Å². The molecule has 0 saturated heterocycles. The summed E-state index contributed by atoms with van der Waals surface area (Å²) in [6.07, 6.45) is 5.11. The van der Waals surface area contributed by atoms with Gasteiger partial charge in [0.15, 0.2) is 11.7 Å². The second-order valence-corrected chi connectivity index (χ2v) is 10.2. The molecule has 9 nitrogen and oxygen atoms in total. The molecule has 0 saturated carbocycles. The standard InChI is InChI=1S/C30H24N6O3S/c1-19-32-17-25(39-19)26-10-11-27(40-26)28(37)34-30-33-23-16-22(35(2)29(38)21-6-4-3-5-7-21)8-9-24(23)36(30)18-20-12-14-31-15-13-20/h3-17H,18H2,1-2H3,(H,33,34,37). The zero-order chi connectivity index (χ0) is 27.6. The molecule has 10 heteroatoms. The molecule has 0 fully saturated rings. The molecule has 40 heavy (non-hydrogen) atoms. The van der Waals surface area contributed by atoms with Crippen LogP contribution in [0.5, 0.6) is 0 Å². The van der Waals surface area contributed by atoms with Gasteiger partial charge in [0.1, 0.15) is 0 Å². The Kier molecular flexibility index (Phi) is 6.67. The second-order valence-electron chi connectivity index (χ2n) is 9.14. The van der Waals surface area contributed by atoms with Crippen LogP contribution in [0.3, 0.4) is 0 Å². The minimum atomic E-state index is -0.282. The highest BCUT2D eigenvalue weighted by Crippen LogP contribution is 2.30. The van der Waals surface area contributed by atoms with Gasteiger partial charge in [0, 0.05) is 37.6 Å². The summed E-state index contributed by atoms with van der Waals surface area (Å²) in [5, 5.41) is 2.98. The third kappa shape index (κ3) is 4.99. The fraction of sp³-hybridized carbons (Fsp3) is 0.100. The number of nitrogens with one attached hydrogen (secondary N) is 1. The summed E-state index contributed by atoms with van der Waals surface area (Å²) in [5.41, 5.74) is 3.76. The molecule has 0 aliphatic rings. The number of thiophene rings is 1. The van der Waals surface area contributed by atoms with E-state index in [9.17, 15) is 9.59 Å². The minimum Gasteiger partial charge on any atom is -0.440 e. The quantitative estimate of drug-likeness (QED) is 0.261. The number of amides is 2. The Morgan fingerprint density at radius 3 is 2.58 bits per heavy atom. The maximum absolute atomic E-state index is 13.3. The summed E-state index contributed by atoms with van der Waals surface area (Å²) in [7, 11) is 1.73. The van der Waals surface area contributed by atoms with Crippen LogP contribution in [-0.4, -0.2) is 38.4 Å². The lowest BCUT2D eigenvalue weighted by Crippen LogP contribution is -2.26. The number of benzene rings is 2. The smallest absolute Gasteiger partial charge is 0.268 e. The van der Waals surface area contributed by atoms with Gasteiger partial charge in [0.05, 0.1) is 33.5 Å². The fourth-order valence-corrected chi connectivity index (χ4v) is 5.22. The molecule has 0 atom stereocenters. The van der Waals surface area contributed by atoms with E-state index in [4.69, 9.17) is 9.40 Å². The van der Waals surface area contributed by atoms with E-state index in [1.807, 2.05) is 59.2 Å². The van der Waals surface area contributed by atoms with Crippen LogP contribution in [0.25, 0.3) is 21.7 Å². The molecule has 198 valence electrons. The van der Waals surface area contributed by atoms with Crippen molar-refractivity contribution in [3.05, 3.63) is 113 Å². The molecule has 0 spiro atoms. The molecule has 1 N–H and O–H groups in total. The van der Waals surface area contributed by atoms with Gasteiger partial charge in [-0.2, -0.15) is 0 Å². The Morgan fingerprint density at radius 2 is 1.82 bits per heavy atom. The number of aryl methyl sites for hydroxylation is 1. The molecule has 2 amide bonds. The molecule has 4 heterocycles. The third-order valence-corrected chi connectivity index (χ3v) is 7.55. The van der Waals surface area contributed by atoms with Crippen molar-refractivity contribution in [3.63, 3.8) is 0 Å². The van der Waals surface area contributed by atoms with Gasteiger partial charge in [-0.1, -0.05) is 18.2 Å². The van der Waals surface area contributed by atoms with E-state index in [2.05, 4.69) is 15.3 Å². The van der Waals surface area contributed by atoms with Crippen LogP contribution in [0, 0.1) is 6.92 Å². The predicted octanol–water partition coefficient (Wildman–Crippen LogP) is 6.03. The third-order valence-electron chi connectivity index (χ3n) is 6.45. The van der Waals surface area contributed by atoms with Gasteiger partial charge in [0.25, 0.3) is 11.8 Å². The first kappa shape index (κ1) is 25.2. The van der Waals surface area contributed by atoms with E-state index in [1.54, 1.807) is 55.7 Å². The number of imidazole rings is 1. The van der Waals surface area contributed by atoms with E-state index in [0.717, 1.165) is 16.0 Å². The van der Waals surface area contributed by atoms with Crippen molar-refractivity contribution in [2.75, 3.05) is 17.3 Å². The van der Waals surface area contributed by atoms with Crippen molar-refractivity contribution >= 4 is 45.8 Å². The average molecular weight is 549 g/mol. The van der Waals surface area contributed by atoms with Crippen molar-refractivity contribution in [2.24, 2.45) is 0 Å². The number of pyridine rings is 1. The number of aromatic nitrogens is 4. The van der Waals surface area contributed by atoms with Gasteiger partial charge in [-0.3, -0.25) is 19.9 Å². The van der Waals surface area contributed by atoms with Crippen molar-refractivity contribution in [3.8, 4) is 10.6 Å². The number of hydrogen-bond acceptors (Lipinski definition) is 7. The Morgan fingerprint density at radius 1 is 1.02 bits per heavy atom. The Bertz CT molecular complexity index is 1820. The molecule has 0 aliphatic carbocycles. The maximum Gasteiger partial charge on any atom is 0.268 e. The zero-order valence-corrected chi connectivity index (χ0v) is 22.6. The number of fused-ring (bicyclic) bond motifs is 1. The molecule has 6 aromatic rings. The molecular weight excluding hydrogens is 524 g/mol. The molecule has 4 aromatic heterocycles. The van der Waals surface area contributed by atoms with Crippen molar-refractivity contribution in [1.82, 2.24) is 19.5 Å². The highest BCUT2D eigenvalue weighted by Gasteiger charge is 2.20. The van der Waals surface area contributed by atoms with Crippen LogP contribution in [-0.2, 0) is 6.54 Å². The maximum atomic E-state index is 13.3. The number of anilines is 2. The number of rotatable bonds is 7. The highest BCUT2D eigenvalue weighted by molar-refractivity contribution is 7.17. The number of carbonyl (C=O) groups is 2. The zero-order valence-electron chi connectivity index (χ0n) is 21.7. The van der Waals surface area contributed by atoms with Crippen LogP contribution in [0.1, 0.15) is 31.5 Å². The summed E-state index contributed by atoms with van der Waals surface area (Å²) >= 11 is 1.32. The Balaban J connectivity index is 1.33. The monoisotopic (exact) mass is 548 g/mol. The Labute approximate surface area is 233 Å². The molecule has 0 radical (unpaired) electrons. The first-order valence-electron chi connectivity index (χ1n) is 12.5. The van der Waals surface area contributed by atoms with E-state index in [-0.39, 0.29) is 11.8 Å². The predicted molar refractivity (Wildman–Crippen MR) is 155 cm³/mol. The number of carbonyl (C=O) groups excluding carboxylic acids is 2. The lowest BCUT2D eigenvalue weighted by Gasteiger charge is -2.17. The summed E-state index contributed by atoms with van der Waals surface area (Å²) in [4.78, 5) is 42.3. The molecule has 2 aromatic carbocycles. The molecular formula is C30H24N6O3S. The summed E-state index contributed by atoms with van der Waals surface area (Å²) < 4.78 is 7.54. The van der Waals surface area contributed by atoms with Crippen LogP contribution in [0.4, 0.5) is 11.6 Å². The van der Waals surface area contributed by atoms with Crippen molar-refractivity contribution < 1.29 is 14.0 Å². The van der Waals surface area contributed by atoms with Crippen LogP contribution in [0.2, 0.25) is 0 Å². The molecule has 0 unspecified atom stereocenters. The Hall–Kier alpha value is -5.09. The summed E-state index contributed by atoms with van der Waals surface area (Å²) in [6.45, 7) is 2.25. The highest BCUT2D eigenvalue weighted by atomic mass is 32.1. The van der Waals surface area contributed by atoms with Gasteiger partial charge >= 0.3 is 0 Å². The second kappa shape index (κ2) is 10.6. The van der Waals surface area contributed by atoms with E-state index < -0.39 is 0 Å². The summed E-state index contributed by atoms with van der Waals surface area (Å²) in [6, 6.07) is 22.2. The molecule has 0 aliphatic heterocycles. The normalized spacial score (nSPS) is 11.1. The first-order valence-corrected chi connectivity index (χ1v) is 13.3. The molecule has 6 rings (SSSR count). The van der Waals surface area contributed by atoms with Crippen molar-refractivity contribution in [2.45, 2.75) is 13.5 Å². The minimum absolute atomic E-state index is 0.125. The fourth-order valence-electron chi connectivity index (χ4n) is 4.38. The first-order chi connectivity index (χ1) is 19.5. The number of nitrogens with zero attached hydrogens (tertiary/aromatic N) is 5. The van der Waals surface area contributed by atoms with Crippen LogP contribution < -0.4 is 10.2 Å². The lowest BCUT2D eigenvalue weighted by atomic mass is 10.2. The molecule has 0 bridgehead atoms. The van der Waals surface area contributed by atoms with Crippen LogP contribution >= 0.6 is 11.3 Å². The van der Waals surface area contributed by atoms with Gasteiger partial charge in [-0.15, -0.1) is 11.3 Å². The SMILES string of the molecule is Cc1ncc(-c2ccc(C(=O)Nc3nc4cc(N(C)C(=O)c5ccccc5)ccc4n3Cc3ccncc3)s2)o1. The lowest BCUT2D eigenvalue weighted by molar-refractivity contribution is 0.0991. The largest absolute Gasteiger partial charge is 0.440 e. The van der Waals surface area contributed by atoms with Gasteiger partial charge in [-0.05, 0) is 60.2 Å². The number of oxazole rings is 1. The number of hydrogen-bond donors (Lipinski definition) is 1. The van der Waals surface area contributed by atoms with E-state index >= 15 is 0 Å².